The number of primary amides is 1. The molecule has 0 radical (unpaired) electrons. The summed E-state index contributed by atoms with van der Waals surface area (Å²) in [6.07, 6.45) is 0. The van der Waals surface area contributed by atoms with Crippen molar-refractivity contribution in [3.63, 3.8) is 0 Å². The maximum atomic E-state index is 10.6. The lowest BCUT2D eigenvalue weighted by Crippen LogP contribution is -2.17. The highest BCUT2D eigenvalue weighted by Crippen LogP contribution is 2.16. The number of rotatable bonds is 1. The number of nitrogens with two attached hydrogens (primary N) is 3. The standard InChI is InChI=1S/C5H6ClN5O.ClH/c6-2-4(8)11-3(7)1(10-2)5(9)12;/h(H2,9,12)(H4,7,8,11);1H. The van der Waals surface area contributed by atoms with Crippen molar-refractivity contribution < 1.29 is 4.79 Å². The zero-order valence-corrected chi connectivity index (χ0v) is 7.89. The molecule has 1 aromatic rings. The van der Waals surface area contributed by atoms with E-state index in [1.807, 2.05) is 0 Å². The Hall–Kier alpha value is -1.27. The van der Waals surface area contributed by atoms with Gasteiger partial charge in [-0.1, -0.05) is 11.6 Å². The van der Waals surface area contributed by atoms with Crippen LogP contribution in [0.15, 0.2) is 0 Å². The number of halogens is 2. The van der Waals surface area contributed by atoms with Gasteiger partial charge in [0.2, 0.25) is 0 Å². The van der Waals surface area contributed by atoms with Crippen molar-refractivity contribution in [1.29, 1.82) is 0 Å². The molecule has 0 aromatic carbocycles. The van der Waals surface area contributed by atoms with E-state index in [0.29, 0.717) is 0 Å². The Morgan fingerprint density at radius 1 is 1.23 bits per heavy atom. The summed E-state index contributed by atoms with van der Waals surface area (Å²) in [5, 5.41) is -0.0852. The van der Waals surface area contributed by atoms with Crippen LogP contribution >= 0.6 is 24.0 Å². The van der Waals surface area contributed by atoms with Crippen LogP contribution in [0.3, 0.4) is 0 Å². The van der Waals surface area contributed by atoms with E-state index in [1.165, 1.54) is 0 Å². The topological polar surface area (TPSA) is 121 Å². The van der Waals surface area contributed by atoms with Crippen molar-refractivity contribution >= 4 is 41.6 Å². The second-order valence-electron chi connectivity index (χ2n) is 2.00. The third-order valence-corrected chi connectivity index (χ3v) is 1.42. The molecular formula is C5H7Cl2N5O. The molecule has 6 nitrogen and oxygen atoms in total. The highest BCUT2D eigenvalue weighted by molar-refractivity contribution is 6.31. The Morgan fingerprint density at radius 3 is 2.23 bits per heavy atom. The van der Waals surface area contributed by atoms with Crippen LogP contribution < -0.4 is 17.2 Å². The fraction of sp³-hybridized carbons (Fsp3) is 0. The van der Waals surface area contributed by atoms with Crippen molar-refractivity contribution in [3.05, 3.63) is 10.8 Å². The van der Waals surface area contributed by atoms with E-state index >= 15 is 0 Å². The molecule has 0 aliphatic rings. The maximum Gasteiger partial charge on any atom is 0.271 e. The molecule has 0 bridgehead atoms. The Balaban J connectivity index is 0.00000144. The minimum absolute atomic E-state index is 0. The Labute approximate surface area is 84.9 Å². The van der Waals surface area contributed by atoms with Crippen molar-refractivity contribution in [2.24, 2.45) is 5.73 Å². The molecule has 1 aromatic heterocycles. The predicted molar refractivity (Wildman–Crippen MR) is 51.6 cm³/mol. The van der Waals surface area contributed by atoms with Crippen LogP contribution in [0.1, 0.15) is 10.5 Å². The van der Waals surface area contributed by atoms with E-state index in [4.69, 9.17) is 28.8 Å². The largest absolute Gasteiger partial charge is 0.382 e. The van der Waals surface area contributed by atoms with Gasteiger partial charge >= 0.3 is 0 Å². The van der Waals surface area contributed by atoms with Crippen LogP contribution in [-0.2, 0) is 0 Å². The predicted octanol–water partition coefficient (Wildman–Crippen LogP) is -0.185. The van der Waals surface area contributed by atoms with Gasteiger partial charge in [0.1, 0.15) is 0 Å². The molecule has 0 saturated heterocycles. The lowest BCUT2D eigenvalue weighted by molar-refractivity contribution is 0.0996. The summed E-state index contributed by atoms with van der Waals surface area (Å²) in [4.78, 5) is 17.7. The lowest BCUT2D eigenvalue weighted by Gasteiger charge is -2.01. The molecule has 0 atom stereocenters. The first-order chi connectivity index (χ1) is 5.52. The maximum absolute atomic E-state index is 10.6. The van der Waals surface area contributed by atoms with Gasteiger partial charge in [0.15, 0.2) is 22.5 Å². The van der Waals surface area contributed by atoms with E-state index in [9.17, 15) is 4.79 Å². The van der Waals surface area contributed by atoms with Gasteiger partial charge in [-0.3, -0.25) is 4.79 Å². The highest BCUT2D eigenvalue weighted by Gasteiger charge is 2.11. The van der Waals surface area contributed by atoms with E-state index in [-0.39, 0.29) is 34.9 Å². The first kappa shape index (κ1) is 11.7. The molecule has 0 aliphatic carbocycles. The number of hydrogen-bond acceptors (Lipinski definition) is 5. The van der Waals surface area contributed by atoms with Gasteiger partial charge < -0.3 is 17.2 Å². The van der Waals surface area contributed by atoms with Gasteiger partial charge in [-0.2, -0.15) is 0 Å². The summed E-state index contributed by atoms with van der Waals surface area (Å²) in [5.74, 6) is -0.939. The van der Waals surface area contributed by atoms with Crippen molar-refractivity contribution in [3.8, 4) is 0 Å². The molecule has 72 valence electrons. The summed E-state index contributed by atoms with van der Waals surface area (Å²) >= 11 is 5.47. The number of nitrogens with zero attached hydrogens (tertiary/aromatic N) is 2. The molecule has 1 heterocycles. The van der Waals surface area contributed by atoms with Gasteiger partial charge in [0.05, 0.1) is 0 Å². The first-order valence-electron chi connectivity index (χ1n) is 2.90. The number of nitrogen functional groups attached to an aromatic ring is 2. The number of anilines is 2. The Bertz CT molecular complexity index is 342. The molecule has 0 unspecified atom stereocenters. The number of amides is 1. The fourth-order valence-electron chi connectivity index (χ4n) is 0.623. The van der Waals surface area contributed by atoms with E-state index in [0.717, 1.165) is 0 Å². The monoisotopic (exact) mass is 223 g/mol. The minimum Gasteiger partial charge on any atom is -0.382 e. The molecule has 1 amide bonds. The molecule has 13 heavy (non-hydrogen) atoms. The summed E-state index contributed by atoms with van der Waals surface area (Å²) in [6, 6.07) is 0. The van der Waals surface area contributed by atoms with E-state index in [1.54, 1.807) is 0 Å². The summed E-state index contributed by atoms with van der Waals surface area (Å²) in [7, 11) is 0. The average molecular weight is 224 g/mol. The second kappa shape index (κ2) is 4.11. The van der Waals surface area contributed by atoms with Crippen molar-refractivity contribution in [2.45, 2.75) is 0 Å². The summed E-state index contributed by atoms with van der Waals surface area (Å²) < 4.78 is 0. The highest BCUT2D eigenvalue weighted by atomic mass is 35.5. The van der Waals surface area contributed by atoms with Crippen LogP contribution in [-0.4, -0.2) is 15.9 Å². The third-order valence-electron chi connectivity index (χ3n) is 1.14. The summed E-state index contributed by atoms with van der Waals surface area (Å²) in [6.45, 7) is 0. The smallest absolute Gasteiger partial charge is 0.271 e. The van der Waals surface area contributed by atoms with Crippen molar-refractivity contribution in [2.75, 3.05) is 11.5 Å². The van der Waals surface area contributed by atoms with E-state index in [2.05, 4.69) is 9.97 Å². The quantitative estimate of drug-likeness (QED) is 0.610. The second-order valence-corrected chi connectivity index (χ2v) is 2.36. The van der Waals surface area contributed by atoms with Gasteiger partial charge in [0.25, 0.3) is 5.91 Å². The van der Waals surface area contributed by atoms with Gasteiger partial charge in [-0.15, -0.1) is 12.4 Å². The van der Waals surface area contributed by atoms with Crippen LogP contribution in [0.25, 0.3) is 0 Å². The molecule has 6 N–H and O–H groups in total. The number of hydrogen-bond donors (Lipinski definition) is 3. The summed E-state index contributed by atoms with van der Waals surface area (Å²) in [5.41, 5.74) is 15.3. The molecule has 0 saturated carbocycles. The Morgan fingerprint density at radius 2 is 1.77 bits per heavy atom. The normalized spacial score (nSPS) is 9.00. The zero-order chi connectivity index (χ0) is 9.30. The van der Waals surface area contributed by atoms with Crippen LogP contribution in [0.5, 0.6) is 0 Å². The fourth-order valence-corrected chi connectivity index (χ4v) is 0.750. The molecular weight excluding hydrogens is 217 g/mol. The molecule has 0 aliphatic heterocycles. The molecule has 1 rings (SSSR count). The lowest BCUT2D eigenvalue weighted by atomic mass is 10.4. The van der Waals surface area contributed by atoms with Gasteiger partial charge in [-0.05, 0) is 0 Å². The SMILES string of the molecule is Cl.NC(=O)c1nc(Cl)c(N)nc1N. The first-order valence-corrected chi connectivity index (χ1v) is 3.28. The minimum atomic E-state index is -0.790. The number of carbonyl (C=O) groups excluding carboxylic acids is 1. The van der Waals surface area contributed by atoms with Crippen molar-refractivity contribution in [1.82, 2.24) is 9.97 Å². The molecule has 8 heteroatoms. The van der Waals surface area contributed by atoms with E-state index < -0.39 is 5.91 Å². The van der Waals surface area contributed by atoms with Gasteiger partial charge in [0, 0.05) is 0 Å². The van der Waals surface area contributed by atoms with Crippen LogP contribution in [0.2, 0.25) is 5.15 Å². The number of carbonyl (C=O) groups is 1. The number of aromatic nitrogens is 2. The third kappa shape index (κ3) is 2.33. The average Bonchev–Trinajstić information content (AvgIpc) is 1.96. The van der Waals surface area contributed by atoms with Gasteiger partial charge in [-0.25, -0.2) is 9.97 Å². The van der Waals surface area contributed by atoms with Crippen LogP contribution in [0.4, 0.5) is 11.6 Å². The van der Waals surface area contributed by atoms with Crippen LogP contribution in [0, 0.1) is 0 Å². The molecule has 0 spiro atoms. The Kier molecular flexibility index (Phi) is 3.70. The molecule has 0 fully saturated rings. The zero-order valence-electron chi connectivity index (χ0n) is 6.32.